The number of esters is 2. The van der Waals surface area contributed by atoms with Gasteiger partial charge in [0, 0.05) is 6.42 Å². The minimum absolute atomic E-state index is 0.0838. The van der Waals surface area contributed by atoms with Crippen LogP contribution < -0.4 is 5.32 Å². The topological polar surface area (TPSA) is 111 Å². The molecule has 11 heteroatoms. The predicted molar refractivity (Wildman–Crippen MR) is 101 cm³/mol. The highest BCUT2D eigenvalue weighted by atomic mass is 35.6. The van der Waals surface area contributed by atoms with Gasteiger partial charge in [-0.05, 0) is 13.3 Å². The Morgan fingerprint density at radius 2 is 1.78 bits per heavy atom. The number of hydrogen-bond donors (Lipinski definition) is 2. The SMILES string of the molecule is CCCCOC(=O)C(O)C/C=C/C(NC(=O)OCC(Cl)(Cl)Cl)C(=O)OCC. The Morgan fingerprint density at radius 3 is 2.33 bits per heavy atom. The molecule has 156 valence electrons. The summed E-state index contributed by atoms with van der Waals surface area (Å²) in [4.78, 5) is 35.1. The number of ether oxygens (including phenoxy) is 3. The van der Waals surface area contributed by atoms with Gasteiger partial charge in [0.05, 0.1) is 13.2 Å². The molecule has 0 bridgehead atoms. The number of amides is 1. The summed E-state index contributed by atoms with van der Waals surface area (Å²) < 4.78 is 12.6. The van der Waals surface area contributed by atoms with E-state index in [9.17, 15) is 19.5 Å². The number of hydrogen-bond acceptors (Lipinski definition) is 7. The smallest absolute Gasteiger partial charge is 0.408 e. The summed E-state index contributed by atoms with van der Waals surface area (Å²) in [5, 5.41) is 12.0. The van der Waals surface area contributed by atoms with Gasteiger partial charge in [0.15, 0.2) is 6.10 Å². The van der Waals surface area contributed by atoms with Crippen molar-refractivity contribution in [3.63, 3.8) is 0 Å². The van der Waals surface area contributed by atoms with Crippen LogP contribution in [0.15, 0.2) is 12.2 Å². The van der Waals surface area contributed by atoms with E-state index in [1.54, 1.807) is 6.92 Å². The summed E-state index contributed by atoms with van der Waals surface area (Å²) >= 11 is 16.4. The molecule has 0 aliphatic rings. The number of rotatable bonds is 11. The number of alkyl carbamates (subject to hydrolysis) is 1. The zero-order chi connectivity index (χ0) is 20.9. The van der Waals surface area contributed by atoms with Crippen LogP contribution in [0, 0.1) is 0 Å². The molecule has 0 rings (SSSR count). The second-order valence-corrected chi connectivity index (χ2v) is 7.78. The standard InChI is InChI=1S/C16H24Cl3NO7/c1-3-5-9-26-14(23)12(21)8-6-7-11(13(22)25-4-2)20-15(24)27-10-16(17,18)19/h6-7,11-12,21H,3-5,8-10H2,1-2H3,(H,20,24)/b7-6+. The Labute approximate surface area is 173 Å². The number of aliphatic hydroxyl groups is 1. The molecule has 0 saturated heterocycles. The Hall–Kier alpha value is -1.22. The van der Waals surface area contributed by atoms with Crippen molar-refractivity contribution in [2.75, 3.05) is 19.8 Å². The van der Waals surface area contributed by atoms with Crippen LogP contribution in [-0.2, 0) is 23.8 Å². The largest absolute Gasteiger partial charge is 0.464 e. The van der Waals surface area contributed by atoms with Crippen molar-refractivity contribution in [1.29, 1.82) is 0 Å². The summed E-state index contributed by atoms with van der Waals surface area (Å²) in [6.07, 6.45) is 1.61. The fourth-order valence-electron chi connectivity index (χ4n) is 1.59. The van der Waals surface area contributed by atoms with Crippen LogP contribution in [0.25, 0.3) is 0 Å². The summed E-state index contributed by atoms with van der Waals surface area (Å²) in [6, 6.07) is -1.21. The molecule has 0 aromatic heterocycles. The zero-order valence-corrected chi connectivity index (χ0v) is 17.4. The number of carbonyl (C=O) groups is 3. The van der Waals surface area contributed by atoms with Crippen molar-refractivity contribution in [2.45, 2.75) is 49.0 Å². The van der Waals surface area contributed by atoms with E-state index in [4.69, 9.17) is 44.3 Å². The minimum Gasteiger partial charge on any atom is -0.464 e. The van der Waals surface area contributed by atoms with E-state index in [1.165, 1.54) is 12.2 Å². The molecule has 0 aliphatic carbocycles. The number of alkyl halides is 3. The third-order valence-electron chi connectivity index (χ3n) is 2.88. The molecule has 0 heterocycles. The molecule has 8 nitrogen and oxygen atoms in total. The number of carbonyl (C=O) groups excluding carboxylic acids is 3. The van der Waals surface area contributed by atoms with Crippen LogP contribution >= 0.6 is 34.8 Å². The van der Waals surface area contributed by atoms with Gasteiger partial charge in [-0.25, -0.2) is 14.4 Å². The molecule has 1 amide bonds. The first-order chi connectivity index (χ1) is 12.6. The third-order valence-corrected chi connectivity index (χ3v) is 3.21. The Bertz CT molecular complexity index is 509. The highest BCUT2D eigenvalue weighted by Gasteiger charge is 2.25. The first kappa shape index (κ1) is 25.8. The van der Waals surface area contributed by atoms with Gasteiger partial charge in [0.25, 0.3) is 0 Å². The van der Waals surface area contributed by atoms with Crippen molar-refractivity contribution >= 4 is 52.8 Å². The van der Waals surface area contributed by atoms with E-state index >= 15 is 0 Å². The molecule has 0 spiro atoms. The maximum Gasteiger partial charge on any atom is 0.408 e. The van der Waals surface area contributed by atoms with Crippen molar-refractivity contribution in [2.24, 2.45) is 0 Å². The minimum atomic E-state index is -1.80. The lowest BCUT2D eigenvalue weighted by molar-refractivity contribution is -0.153. The molecule has 0 fully saturated rings. The fourth-order valence-corrected chi connectivity index (χ4v) is 1.75. The van der Waals surface area contributed by atoms with Crippen LogP contribution in [0.2, 0.25) is 0 Å². The summed E-state index contributed by atoms with van der Waals surface area (Å²) in [5.74, 6) is -1.53. The van der Waals surface area contributed by atoms with E-state index in [-0.39, 0.29) is 19.6 Å². The first-order valence-electron chi connectivity index (χ1n) is 8.28. The summed E-state index contributed by atoms with van der Waals surface area (Å²) in [6.45, 7) is 3.31. The van der Waals surface area contributed by atoms with Crippen molar-refractivity contribution in [3.8, 4) is 0 Å². The lowest BCUT2D eigenvalue weighted by Gasteiger charge is -2.16. The Morgan fingerprint density at radius 1 is 1.11 bits per heavy atom. The van der Waals surface area contributed by atoms with Crippen LogP contribution in [0.5, 0.6) is 0 Å². The van der Waals surface area contributed by atoms with Crippen LogP contribution in [-0.4, -0.2) is 58.9 Å². The molecule has 2 unspecified atom stereocenters. The van der Waals surface area contributed by atoms with Gasteiger partial charge in [-0.15, -0.1) is 0 Å². The normalized spacial score (nSPS) is 13.7. The van der Waals surface area contributed by atoms with Crippen LogP contribution in [0.4, 0.5) is 4.79 Å². The van der Waals surface area contributed by atoms with Gasteiger partial charge >= 0.3 is 18.0 Å². The third kappa shape index (κ3) is 13.6. The Kier molecular flexibility index (Phi) is 13.2. The van der Waals surface area contributed by atoms with Crippen molar-refractivity contribution in [3.05, 3.63) is 12.2 Å². The highest BCUT2D eigenvalue weighted by molar-refractivity contribution is 6.67. The monoisotopic (exact) mass is 447 g/mol. The average molecular weight is 449 g/mol. The van der Waals surface area contributed by atoms with Crippen LogP contribution in [0.1, 0.15) is 33.1 Å². The van der Waals surface area contributed by atoms with E-state index in [1.807, 2.05) is 6.92 Å². The predicted octanol–water partition coefficient (Wildman–Crippen LogP) is 2.67. The quantitative estimate of drug-likeness (QED) is 0.164. The maximum atomic E-state index is 11.9. The molecule has 0 saturated carbocycles. The molecule has 0 radical (unpaired) electrons. The zero-order valence-electron chi connectivity index (χ0n) is 15.1. The second kappa shape index (κ2) is 13.9. The van der Waals surface area contributed by atoms with Gasteiger partial charge in [-0.2, -0.15) is 0 Å². The van der Waals surface area contributed by atoms with Crippen molar-refractivity contribution in [1.82, 2.24) is 5.32 Å². The number of halogens is 3. The van der Waals surface area contributed by atoms with Gasteiger partial charge in [-0.1, -0.05) is 60.3 Å². The molecule has 2 atom stereocenters. The molecule has 0 aromatic carbocycles. The number of aliphatic hydroxyl groups excluding tert-OH is 1. The fraction of sp³-hybridized carbons (Fsp3) is 0.688. The van der Waals surface area contributed by atoms with E-state index in [2.05, 4.69) is 10.1 Å². The van der Waals surface area contributed by atoms with Gasteiger partial charge < -0.3 is 24.6 Å². The summed E-state index contributed by atoms with van der Waals surface area (Å²) in [7, 11) is 0. The molecule has 2 N–H and O–H groups in total. The maximum absolute atomic E-state index is 11.9. The molecule has 0 aliphatic heterocycles. The van der Waals surface area contributed by atoms with Gasteiger partial charge in [0.2, 0.25) is 3.79 Å². The van der Waals surface area contributed by atoms with E-state index < -0.39 is 40.6 Å². The van der Waals surface area contributed by atoms with Gasteiger partial charge in [0.1, 0.15) is 12.6 Å². The first-order valence-corrected chi connectivity index (χ1v) is 9.42. The molecular weight excluding hydrogens is 425 g/mol. The lowest BCUT2D eigenvalue weighted by Crippen LogP contribution is -2.41. The number of unbranched alkanes of at least 4 members (excludes halogenated alkanes) is 1. The Balaban J connectivity index is 4.67. The molecular formula is C16H24Cl3NO7. The molecule has 27 heavy (non-hydrogen) atoms. The lowest BCUT2D eigenvalue weighted by atomic mass is 10.2. The van der Waals surface area contributed by atoms with Crippen molar-refractivity contribution < 1.29 is 33.7 Å². The van der Waals surface area contributed by atoms with E-state index in [0.29, 0.717) is 6.42 Å². The summed E-state index contributed by atoms with van der Waals surface area (Å²) in [5.41, 5.74) is 0. The average Bonchev–Trinajstić information content (AvgIpc) is 2.58. The van der Waals surface area contributed by atoms with Gasteiger partial charge in [-0.3, -0.25) is 0 Å². The molecule has 0 aromatic rings. The number of nitrogens with one attached hydrogen (secondary N) is 1. The van der Waals surface area contributed by atoms with Crippen LogP contribution in [0.3, 0.4) is 0 Å². The second-order valence-electron chi connectivity index (χ2n) is 5.27. The highest BCUT2D eigenvalue weighted by Crippen LogP contribution is 2.25. The van der Waals surface area contributed by atoms with E-state index in [0.717, 1.165) is 6.42 Å².